The fourth-order valence-electron chi connectivity index (χ4n) is 3.93. The van der Waals surface area contributed by atoms with Gasteiger partial charge in [0.2, 0.25) is 0 Å². The Morgan fingerprint density at radius 1 is 1.11 bits per heavy atom. The average molecular weight is 503 g/mol. The summed E-state index contributed by atoms with van der Waals surface area (Å²) in [7, 11) is 0. The number of anilines is 2. The second-order valence-corrected chi connectivity index (χ2v) is 8.26. The van der Waals surface area contributed by atoms with Gasteiger partial charge in [-0.2, -0.15) is 18.3 Å². The quantitative estimate of drug-likeness (QED) is 0.387. The van der Waals surface area contributed by atoms with Gasteiger partial charge in [-0.1, -0.05) is 0 Å². The molecule has 3 aromatic heterocycles. The molecule has 1 atom stereocenters. The minimum Gasteiger partial charge on any atom is -0.339 e. The summed E-state index contributed by atoms with van der Waals surface area (Å²) in [4.78, 5) is 21.7. The number of halogens is 5. The minimum absolute atomic E-state index is 0.0570. The van der Waals surface area contributed by atoms with Gasteiger partial charge in [-0.05, 0) is 55.8 Å². The Morgan fingerprint density at radius 2 is 1.92 bits per heavy atom. The predicted octanol–water partition coefficient (Wildman–Crippen LogP) is 4.98. The molecule has 0 saturated carbocycles. The van der Waals surface area contributed by atoms with Crippen molar-refractivity contribution in [1.29, 1.82) is 0 Å². The Bertz CT molecular complexity index is 1440. The first-order chi connectivity index (χ1) is 17.1. The van der Waals surface area contributed by atoms with Crippen LogP contribution in [0.2, 0.25) is 0 Å². The zero-order valence-electron chi connectivity index (χ0n) is 18.7. The topological polar surface area (TPSA) is 88.8 Å². The van der Waals surface area contributed by atoms with Crippen LogP contribution in [-0.2, 0) is 0 Å². The largest absolute Gasteiger partial charge is 0.408 e. The molecule has 1 unspecified atom stereocenters. The molecule has 0 radical (unpaired) electrons. The fourth-order valence-corrected chi connectivity index (χ4v) is 3.93. The molecule has 1 aromatic carbocycles. The number of nitrogens with zero attached hydrogens (tertiary/aromatic N) is 6. The van der Waals surface area contributed by atoms with Crippen molar-refractivity contribution >= 4 is 28.4 Å². The van der Waals surface area contributed by atoms with Gasteiger partial charge in [0, 0.05) is 17.8 Å². The van der Waals surface area contributed by atoms with Crippen LogP contribution < -0.4 is 5.32 Å². The second-order valence-electron chi connectivity index (χ2n) is 8.26. The third-order valence-electron chi connectivity index (χ3n) is 5.87. The highest BCUT2D eigenvalue weighted by Crippen LogP contribution is 2.36. The predicted molar refractivity (Wildman–Crippen MR) is 119 cm³/mol. The van der Waals surface area contributed by atoms with E-state index in [9.17, 15) is 26.7 Å². The first kappa shape index (κ1) is 23.6. The third kappa shape index (κ3) is 4.32. The van der Waals surface area contributed by atoms with E-state index in [0.29, 0.717) is 27.4 Å². The number of imidazole rings is 1. The van der Waals surface area contributed by atoms with E-state index in [4.69, 9.17) is 0 Å². The van der Waals surface area contributed by atoms with Gasteiger partial charge in [-0.15, -0.1) is 5.10 Å². The van der Waals surface area contributed by atoms with E-state index in [2.05, 4.69) is 25.5 Å². The number of amides is 1. The van der Waals surface area contributed by atoms with E-state index >= 15 is 0 Å². The molecular formula is C23H18F5N7O. The Hall–Kier alpha value is -4.16. The summed E-state index contributed by atoms with van der Waals surface area (Å²) in [6, 6.07) is 8.95. The van der Waals surface area contributed by atoms with Crippen LogP contribution in [0.5, 0.6) is 0 Å². The number of rotatable bonds is 5. The maximum absolute atomic E-state index is 13.6. The maximum atomic E-state index is 13.6. The van der Waals surface area contributed by atoms with Crippen LogP contribution in [0, 0.1) is 6.92 Å². The molecular weight excluding hydrogens is 485 g/mol. The van der Waals surface area contributed by atoms with E-state index < -0.39 is 35.8 Å². The van der Waals surface area contributed by atoms with Gasteiger partial charge < -0.3 is 10.2 Å². The number of aromatic nitrogens is 5. The molecule has 4 aromatic rings. The number of hydrogen-bond acceptors (Lipinski definition) is 6. The first-order valence-electron chi connectivity index (χ1n) is 10.8. The Morgan fingerprint density at radius 3 is 2.56 bits per heavy atom. The molecule has 1 fully saturated rings. The van der Waals surface area contributed by atoms with E-state index in [1.807, 2.05) is 0 Å². The first-order valence-corrected chi connectivity index (χ1v) is 10.8. The number of fused-ring (bicyclic) bond motifs is 1. The van der Waals surface area contributed by atoms with Crippen molar-refractivity contribution in [2.24, 2.45) is 0 Å². The third-order valence-corrected chi connectivity index (χ3v) is 5.87. The molecule has 0 spiro atoms. The summed E-state index contributed by atoms with van der Waals surface area (Å²) in [6.45, 7) is 1.61. The molecule has 1 aliphatic heterocycles. The van der Waals surface area contributed by atoms with Crippen molar-refractivity contribution in [1.82, 2.24) is 29.6 Å². The SMILES string of the molecule is Cc1ccc(Nc2ccc3ncn(-c4ccc(C(F)F)c(C(=O)N5CCC5C(F)(F)F)n4)c3c2)nn1. The average Bonchev–Trinajstić information content (AvgIpc) is 3.21. The smallest absolute Gasteiger partial charge is 0.339 e. The van der Waals surface area contributed by atoms with Crippen LogP contribution >= 0.6 is 0 Å². The van der Waals surface area contributed by atoms with Crippen LogP contribution in [-0.4, -0.2) is 54.3 Å². The van der Waals surface area contributed by atoms with Crippen molar-refractivity contribution in [3.63, 3.8) is 0 Å². The molecule has 8 nitrogen and oxygen atoms in total. The normalized spacial score (nSPS) is 15.9. The molecule has 13 heteroatoms. The van der Waals surface area contributed by atoms with Gasteiger partial charge in [0.05, 0.1) is 16.7 Å². The summed E-state index contributed by atoms with van der Waals surface area (Å²) in [5.41, 5.74) is 0.980. The maximum Gasteiger partial charge on any atom is 0.408 e. The summed E-state index contributed by atoms with van der Waals surface area (Å²) in [5, 5.41) is 11.1. The molecule has 5 rings (SSSR count). The summed E-state index contributed by atoms with van der Waals surface area (Å²) >= 11 is 0. The standard InChI is InChI=1S/C23H18F5N7O/c1-12-2-6-18(33-32-12)30-13-3-5-15-16(10-13)35(11-29-15)19-7-4-14(21(24)25)20(31-19)22(36)34-9-8-17(34)23(26,27)28/h2-7,10-11,17,21H,8-9H2,1H3,(H,30,33). The number of alkyl halides is 5. The lowest BCUT2D eigenvalue weighted by Crippen LogP contribution is -2.58. The van der Waals surface area contributed by atoms with Crippen molar-refractivity contribution in [3.05, 3.63) is 65.7 Å². The van der Waals surface area contributed by atoms with Crippen LogP contribution in [0.15, 0.2) is 48.8 Å². The number of carbonyl (C=O) groups excluding carboxylic acids is 1. The Balaban J connectivity index is 1.52. The van der Waals surface area contributed by atoms with Crippen LogP contribution in [0.3, 0.4) is 0 Å². The molecule has 0 bridgehead atoms. The fraction of sp³-hybridized carbons (Fsp3) is 0.261. The lowest BCUT2D eigenvalue weighted by molar-refractivity contribution is -0.199. The molecule has 4 heterocycles. The molecule has 1 N–H and O–H groups in total. The van der Waals surface area contributed by atoms with Crippen LogP contribution in [0.25, 0.3) is 16.9 Å². The number of hydrogen-bond donors (Lipinski definition) is 1. The Kier molecular flexibility index (Phi) is 5.77. The zero-order chi connectivity index (χ0) is 25.6. The van der Waals surface area contributed by atoms with Crippen molar-refractivity contribution in [2.75, 3.05) is 11.9 Å². The molecule has 1 aliphatic rings. The van der Waals surface area contributed by atoms with E-state index in [0.717, 1.165) is 11.8 Å². The highest BCUT2D eigenvalue weighted by Gasteiger charge is 2.51. The number of carbonyl (C=O) groups is 1. The molecule has 1 amide bonds. The van der Waals surface area contributed by atoms with Gasteiger partial charge >= 0.3 is 6.18 Å². The van der Waals surface area contributed by atoms with E-state index in [1.165, 1.54) is 17.0 Å². The molecule has 0 aliphatic carbocycles. The second kappa shape index (κ2) is 8.81. The van der Waals surface area contributed by atoms with E-state index in [1.54, 1.807) is 37.3 Å². The van der Waals surface area contributed by atoms with Crippen LogP contribution in [0.4, 0.5) is 33.5 Å². The summed E-state index contributed by atoms with van der Waals surface area (Å²) < 4.78 is 68.3. The number of likely N-dealkylation sites (tertiary alicyclic amines) is 1. The monoisotopic (exact) mass is 503 g/mol. The minimum atomic E-state index is -4.65. The zero-order valence-corrected chi connectivity index (χ0v) is 18.7. The van der Waals surface area contributed by atoms with E-state index in [-0.39, 0.29) is 18.8 Å². The molecule has 36 heavy (non-hydrogen) atoms. The highest BCUT2D eigenvalue weighted by atomic mass is 19.4. The summed E-state index contributed by atoms with van der Waals surface area (Å²) in [6.07, 6.45) is -6.64. The lowest BCUT2D eigenvalue weighted by Gasteiger charge is -2.41. The van der Waals surface area contributed by atoms with Gasteiger partial charge in [-0.3, -0.25) is 9.36 Å². The van der Waals surface area contributed by atoms with Crippen molar-refractivity contribution in [2.45, 2.75) is 32.0 Å². The van der Waals surface area contributed by atoms with Gasteiger partial charge in [0.15, 0.2) is 5.82 Å². The molecule has 186 valence electrons. The number of benzene rings is 1. The molecule has 1 saturated heterocycles. The Labute approximate surface area is 200 Å². The lowest BCUT2D eigenvalue weighted by atomic mass is 10.0. The van der Waals surface area contributed by atoms with Crippen molar-refractivity contribution < 1.29 is 26.7 Å². The van der Waals surface area contributed by atoms with Crippen LogP contribution in [0.1, 0.15) is 34.6 Å². The van der Waals surface area contributed by atoms with Gasteiger partial charge in [-0.25, -0.2) is 18.7 Å². The number of pyridine rings is 1. The summed E-state index contributed by atoms with van der Waals surface area (Å²) in [5.74, 6) is -0.640. The number of nitrogens with one attached hydrogen (secondary N) is 1. The van der Waals surface area contributed by atoms with Crippen molar-refractivity contribution in [3.8, 4) is 5.82 Å². The van der Waals surface area contributed by atoms with Gasteiger partial charge in [0.25, 0.3) is 12.3 Å². The highest BCUT2D eigenvalue weighted by molar-refractivity contribution is 5.95. The van der Waals surface area contributed by atoms with Gasteiger partial charge in [0.1, 0.15) is 23.9 Å². The number of aryl methyl sites for hydroxylation is 1.